The highest BCUT2D eigenvalue weighted by Gasteiger charge is 2.10. The third-order valence-electron chi connectivity index (χ3n) is 4.40. The number of hydrogen-bond donors (Lipinski definition) is 2. The minimum absolute atomic E-state index is 0.444. The van der Waals surface area contributed by atoms with Crippen molar-refractivity contribution in [3.8, 4) is 0 Å². The fourth-order valence-corrected chi connectivity index (χ4v) is 3.14. The molecule has 0 aliphatic carbocycles. The number of amidine groups is 1. The van der Waals surface area contributed by atoms with E-state index in [1.165, 1.54) is 44.5 Å². The summed E-state index contributed by atoms with van der Waals surface area (Å²) in [5.41, 5.74) is 3.25. The van der Waals surface area contributed by atoms with Gasteiger partial charge in [0.2, 0.25) is 0 Å². The molecule has 0 amide bonds. The van der Waals surface area contributed by atoms with E-state index in [1.807, 2.05) is 36.4 Å². The van der Waals surface area contributed by atoms with Gasteiger partial charge in [0, 0.05) is 11.3 Å². The van der Waals surface area contributed by atoms with Gasteiger partial charge in [0.05, 0.1) is 0 Å². The van der Waals surface area contributed by atoms with Crippen LogP contribution < -0.4 is 5.32 Å². The fourth-order valence-electron chi connectivity index (χ4n) is 3.14. The molecule has 0 bridgehead atoms. The SMILES string of the molecule is N=C(Nc1cccc(CCCN2CCCC2)c1)c1ccccc1. The van der Waals surface area contributed by atoms with E-state index in [4.69, 9.17) is 5.41 Å². The van der Waals surface area contributed by atoms with Crippen molar-refractivity contribution in [2.45, 2.75) is 25.7 Å². The average molecular weight is 307 g/mol. The molecule has 2 aromatic carbocycles. The highest BCUT2D eigenvalue weighted by atomic mass is 15.1. The molecule has 1 heterocycles. The molecule has 120 valence electrons. The molecule has 0 aromatic heterocycles. The third kappa shape index (κ3) is 4.67. The van der Waals surface area contributed by atoms with Crippen molar-refractivity contribution in [3.63, 3.8) is 0 Å². The molecule has 0 spiro atoms. The molecule has 0 saturated carbocycles. The Morgan fingerprint density at radius 3 is 2.57 bits per heavy atom. The maximum atomic E-state index is 8.17. The minimum atomic E-state index is 0.444. The van der Waals surface area contributed by atoms with E-state index < -0.39 is 0 Å². The molecule has 2 aromatic rings. The van der Waals surface area contributed by atoms with Gasteiger partial charge in [0.15, 0.2) is 0 Å². The molecule has 0 unspecified atom stereocenters. The molecule has 1 aliphatic rings. The van der Waals surface area contributed by atoms with Crippen molar-refractivity contribution in [3.05, 3.63) is 65.7 Å². The predicted octanol–water partition coefficient (Wildman–Crippen LogP) is 4.15. The van der Waals surface area contributed by atoms with E-state index in [-0.39, 0.29) is 0 Å². The number of benzene rings is 2. The first kappa shape index (κ1) is 15.8. The lowest BCUT2D eigenvalue weighted by Crippen LogP contribution is -2.20. The average Bonchev–Trinajstić information content (AvgIpc) is 3.09. The summed E-state index contributed by atoms with van der Waals surface area (Å²) in [6.45, 7) is 3.75. The number of hydrogen-bond acceptors (Lipinski definition) is 2. The van der Waals surface area contributed by atoms with Crippen LogP contribution in [0.5, 0.6) is 0 Å². The van der Waals surface area contributed by atoms with E-state index in [2.05, 4.69) is 28.4 Å². The molecular weight excluding hydrogens is 282 g/mol. The summed E-state index contributed by atoms with van der Waals surface area (Å²) in [4.78, 5) is 2.56. The van der Waals surface area contributed by atoms with Crippen molar-refractivity contribution in [1.29, 1.82) is 5.41 Å². The first-order valence-corrected chi connectivity index (χ1v) is 8.53. The van der Waals surface area contributed by atoms with Gasteiger partial charge >= 0.3 is 0 Å². The van der Waals surface area contributed by atoms with Crippen LogP contribution >= 0.6 is 0 Å². The van der Waals surface area contributed by atoms with Crippen molar-refractivity contribution in [2.75, 3.05) is 25.0 Å². The zero-order chi connectivity index (χ0) is 15.9. The van der Waals surface area contributed by atoms with Crippen LogP contribution in [0.1, 0.15) is 30.4 Å². The van der Waals surface area contributed by atoms with Crippen molar-refractivity contribution in [2.24, 2.45) is 0 Å². The van der Waals surface area contributed by atoms with Gasteiger partial charge in [-0.2, -0.15) is 0 Å². The maximum absolute atomic E-state index is 8.17. The minimum Gasteiger partial charge on any atom is -0.340 e. The van der Waals surface area contributed by atoms with Gasteiger partial charge in [-0.05, 0) is 63.0 Å². The summed E-state index contributed by atoms with van der Waals surface area (Å²) < 4.78 is 0. The van der Waals surface area contributed by atoms with Gasteiger partial charge in [-0.3, -0.25) is 5.41 Å². The summed E-state index contributed by atoms with van der Waals surface area (Å²) in [5.74, 6) is 0.444. The second-order valence-electron chi connectivity index (χ2n) is 6.22. The van der Waals surface area contributed by atoms with Crippen molar-refractivity contribution in [1.82, 2.24) is 4.90 Å². The summed E-state index contributed by atoms with van der Waals surface area (Å²) >= 11 is 0. The molecule has 1 aliphatic heterocycles. The Labute approximate surface area is 138 Å². The van der Waals surface area contributed by atoms with E-state index in [0.29, 0.717) is 5.84 Å². The molecule has 0 radical (unpaired) electrons. The van der Waals surface area contributed by atoms with Crippen LogP contribution in [-0.4, -0.2) is 30.4 Å². The van der Waals surface area contributed by atoms with E-state index in [9.17, 15) is 0 Å². The predicted molar refractivity (Wildman–Crippen MR) is 97.3 cm³/mol. The Hall–Kier alpha value is -2.13. The number of rotatable bonds is 6. The van der Waals surface area contributed by atoms with Crippen LogP contribution in [0.25, 0.3) is 0 Å². The van der Waals surface area contributed by atoms with Crippen LogP contribution in [0, 0.1) is 5.41 Å². The van der Waals surface area contributed by atoms with Gasteiger partial charge in [-0.15, -0.1) is 0 Å². The summed E-state index contributed by atoms with van der Waals surface area (Å²) in [6.07, 6.45) is 5.03. The standard InChI is InChI=1S/C20H25N3/c21-20(18-10-2-1-3-11-18)22-19-12-6-8-17(16-19)9-7-15-23-13-4-5-14-23/h1-3,6,8,10-12,16H,4-5,7,9,13-15H2,(H2,21,22). The lowest BCUT2D eigenvalue weighted by Gasteiger charge is -2.14. The second kappa shape index (κ2) is 7.93. The second-order valence-corrected chi connectivity index (χ2v) is 6.22. The highest BCUT2D eigenvalue weighted by molar-refractivity contribution is 6.06. The monoisotopic (exact) mass is 307 g/mol. The largest absolute Gasteiger partial charge is 0.340 e. The number of aryl methyl sites for hydroxylation is 1. The van der Waals surface area contributed by atoms with E-state index >= 15 is 0 Å². The number of likely N-dealkylation sites (tertiary alicyclic amines) is 1. The molecule has 3 rings (SSSR count). The molecule has 2 N–H and O–H groups in total. The Morgan fingerprint density at radius 1 is 1.00 bits per heavy atom. The van der Waals surface area contributed by atoms with Crippen LogP contribution in [-0.2, 0) is 6.42 Å². The van der Waals surface area contributed by atoms with Gasteiger partial charge in [-0.25, -0.2) is 0 Å². The van der Waals surface area contributed by atoms with Gasteiger partial charge in [-0.1, -0.05) is 42.5 Å². The Bertz CT molecular complexity index is 630. The van der Waals surface area contributed by atoms with Gasteiger partial charge in [0.25, 0.3) is 0 Å². The molecule has 23 heavy (non-hydrogen) atoms. The smallest absolute Gasteiger partial charge is 0.129 e. The molecule has 3 heteroatoms. The van der Waals surface area contributed by atoms with E-state index in [1.54, 1.807) is 0 Å². The van der Waals surface area contributed by atoms with Crippen molar-refractivity contribution >= 4 is 11.5 Å². The molecule has 3 nitrogen and oxygen atoms in total. The third-order valence-corrected chi connectivity index (χ3v) is 4.40. The van der Waals surface area contributed by atoms with Crippen molar-refractivity contribution < 1.29 is 0 Å². The highest BCUT2D eigenvalue weighted by Crippen LogP contribution is 2.15. The zero-order valence-corrected chi connectivity index (χ0v) is 13.6. The summed E-state index contributed by atoms with van der Waals surface area (Å²) in [6, 6.07) is 18.2. The van der Waals surface area contributed by atoms with Crippen LogP contribution in [0.15, 0.2) is 54.6 Å². The lowest BCUT2D eigenvalue weighted by atomic mass is 10.1. The summed E-state index contributed by atoms with van der Waals surface area (Å²) in [5, 5.41) is 11.4. The molecule has 1 fully saturated rings. The lowest BCUT2D eigenvalue weighted by molar-refractivity contribution is 0.334. The summed E-state index contributed by atoms with van der Waals surface area (Å²) in [7, 11) is 0. The van der Waals surface area contributed by atoms with Gasteiger partial charge in [0.1, 0.15) is 5.84 Å². The fraction of sp³-hybridized carbons (Fsp3) is 0.350. The van der Waals surface area contributed by atoms with Gasteiger partial charge < -0.3 is 10.2 Å². The first-order valence-electron chi connectivity index (χ1n) is 8.53. The number of anilines is 1. The Morgan fingerprint density at radius 2 is 1.78 bits per heavy atom. The zero-order valence-electron chi connectivity index (χ0n) is 13.6. The normalized spacial score (nSPS) is 14.8. The van der Waals surface area contributed by atoms with E-state index in [0.717, 1.165) is 17.7 Å². The Kier molecular flexibility index (Phi) is 5.43. The van der Waals surface area contributed by atoms with Crippen LogP contribution in [0.3, 0.4) is 0 Å². The Balaban J connectivity index is 1.53. The maximum Gasteiger partial charge on any atom is 0.129 e. The first-order chi connectivity index (χ1) is 11.3. The number of nitrogens with zero attached hydrogens (tertiary/aromatic N) is 1. The van der Waals surface area contributed by atoms with Crippen LogP contribution in [0.2, 0.25) is 0 Å². The molecular formula is C20H25N3. The molecule has 0 atom stereocenters. The number of nitrogens with one attached hydrogen (secondary N) is 2. The topological polar surface area (TPSA) is 39.1 Å². The van der Waals surface area contributed by atoms with Crippen LogP contribution in [0.4, 0.5) is 5.69 Å². The quantitative estimate of drug-likeness (QED) is 0.621. The molecule has 1 saturated heterocycles.